The van der Waals surface area contributed by atoms with E-state index in [1.165, 1.54) is 0 Å². The molecular formula is C13H20O4. The number of rotatable bonds is 6. The molecule has 0 saturated heterocycles. The first-order valence-electron chi connectivity index (χ1n) is 5.83. The zero-order valence-electron chi connectivity index (χ0n) is 11.0. The molecule has 4 heteroatoms. The second-order valence-electron chi connectivity index (χ2n) is 3.81. The predicted molar refractivity (Wildman–Crippen MR) is 65.2 cm³/mol. The largest absolute Gasteiger partial charge is 0.460 e. The summed E-state index contributed by atoms with van der Waals surface area (Å²) in [5.41, 5.74) is 1.49. The molecule has 0 unspecified atom stereocenters. The van der Waals surface area contributed by atoms with Crippen LogP contribution in [0.25, 0.3) is 0 Å². The van der Waals surface area contributed by atoms with Gasteiger partial charge in [0.1, 0.15) is 24.7 Å². The minimum absolute atomic E-state index is 0.0698. The maximum atomic E-state index is 12.3. The molecule has 0 spiro atoms. The molecule has 1 heterocycles. The fourth-order valence-corrected chi connectivity index (χ4v) is 1.92. The minimum atomic E-state index is 0.0698. The summed E-state index contributed by atoms with van der Waals surface area (Å²) in [4.78, 5) is 12.3. The van der Waals surface area contributed by atoms with Gasteiger partial charge in [0.2, 0.25) is 0 Å². The summed E-state index contributed by atoms with van der Waals surface area (Å²) >= 11 is 0. The molecule has 0 bridgehead atoms. The van der Waals surface area contributed by atoms with Gasteiger partial charge in [-0.25, -0.2) is 0 Å². The summed E-state index contributed by atoms with van der Waals surface area (Å²) in [7, 11) is 3.17. The molecule has 0 aliphatic heterocycles. The number of hydrogen-bond donors (Lipinski definition) is 0. The average molecular weight is 240 g/mol. The molecule has 1 aromatic heterocycles. The quantitative estimate of drug-likeness (QED) is 0.763. The normalized spacial score (nSPS) is 10.8. The molecule has 0 aliphatic carbocycles. The lowest BCUT2D eigenvalue weighted by atomic mass is 10.0. The molecule has 0 N–H and O–H groups in total. The van der Waals surface area contributed by atoms with Gasteiger partial charge in [0.15, 0.2) is 5.43 Å². The number of methoxy groups -OCH3 is 2. The Hall–Kier alpha value is -1.13. The topological polar surface area (TPSA) is 48.7 Å². The third-order valence-electron chi connectivity index (χ3n) is 2.73. The van der Waals surface area contributed by atoms with Crippen LogP contribution in [0.15, 0.2) is 9.21 Å². The minimum Gasteiger partial charge on any atom is -0.460 e. The van der Waals surface area contributed by atoms with Crippen molar-refractivity contribution in [3.8, 4) is 0 Å². The molecule has 4 nitrogen and oxygen atoms in total. The Kier molecular flexibility index (Phi) is 5.38. The van der Waals surface area contributed by atoms with Crippen molar-refractivity contribution in [3.63, 3.8) is 0 Å². The van der Waals surface area contributed by atoms with Crippen LogP contribution in [0.4, 0.5) is 0 Å². The fraction of sp³-hybridized carbons (Fsp3) is 0.615. The Bertz CT molecular complexity index is 385. The second-order valence-corrected chi connectivity index (χ2v) is 3.81. The van der Waals surface area contributed by atoms with Crippen LogP contribution in [-0.2, 0) is 35.5 Å². The van der Waals surface area contributed by atoms with Crippen molar-refractivity contribution < 1.29 is 13.9 Å². The summed E-state index contributed by atoms with van der Waals surface area (Å²) < 4.78 is 15.9. The van der Waals surface area contributed by atoms with Crippen molar-refractivity contribution in [2.24, 2.45) is 0 Å². The van der Waals surface area contributed by atoms with Gasteiger partial charge in [-0.15, -0.1) is 0 Å². The highest BCUT2D eigenvalue weighted by Crippen LogP contribution is 2.15. The van der Waals surface area contributed by atoms with Crippen LogP contribution >= 0.6 is 0 Å². The molecule has 0 atom stereocenters. The molecule has 1 aromatic rings. The van der Waals surface area contributed by atoms with Gasteiger partial charge in [-0.05, 0) is 12.8 Å². The van der Waals surface area contributed by atoms with E-state index < -0.39 is 0 Å². The van der Waals surface area contributed by atoms with Gasteiger partial charge in [0.05, 0.1) is 0 Å². The summed E-state index contributed by atoms with van der Waals surface area (Å²) in [5, 5.41) is 0. The highest BCUT2D eigenvalue weighted by molar-refractivity contribution is 5.27. The standard InChI is InChI=1S/C13H20O4/c1-5-9-11(7-15-3)17-12(8-16-4)10(6-2)13(9)14/h5-8H2,1-4H3. The summed E-state index contributed by atoms with van der Waals surface area (Å²) in [6, 6.07) is 0. The van der Waals surface area contributed by atoms with Crippen LogP contribution in [0.3, 0.4) is 0 Å². The van der Waals surface area contributed by atoms with Crippen molar-refractivity contribution >= 4 is 0 Å². The lowest BCUT2D eigenvalue weighted by Gasteiger charge is -2.12. The van der Waals surface area contributed by atoms with E-state index in [0.717, 1.165) is 0 Å². The Morgan fingerprint density at radius 1 is 0.941 bits per heavy atom. The lowest BCUT2D eigenvalue weighted by Crippen LogP contribution is -2.19. The zero-order chi connectivity index (χ0) is 12.8. The van der Waals surface area contributed by atoms with Gasteiger partial charge in [-0.2, -0.15) is 0 Å². The highest BCUT2D eigenvalue weighted by atomic mass is 16.5. The van der Waals surface area contributed by atoms with E-state index in [1.54, 1.807) is 14.2 Å². The Labute approximate surface area is 102 Å². The first kappa shape index (κ1) is 13.9. The van der Waals surface area contributed by atoms with Gasteiger partial charge in [0.25, 0.3) is 0 Å². The van der Waals surface area contributed by atoms with E-state index in [9.17, 15) is 4.79 Å². The van der Waals surface area contributed by atoms with Gasteiger partial charge >= 0.3 is 0 Å². The van der Waals surface area contributed by atoms with Crippen LogP contribution < -0.4 is 5.43 Å². The van der Waals surface area contributed by atoms with E-state index in [0.29, 0.717) is 48.7 Å². The summed E-state index contributed by atoms with van der Waals surface area (Å²) in [6.07, 6.45) is 1.31. The van der Waals surface area contributed by atoms with E-state index in [2.05, 4.69) is 0 Å². The fourth-order valence-electron chi connectivity index (χ4n) is 1.92. The van der Waals surface area contributed by atoms with E-state index >= 15 is 0 Å². The number of hydrogen-bond acceptors (Lipinski definition) is 4. The van der Waals surface area contributed by atoms with Crippen molar-refractivity contribution in [2.75, 3.05) is 14.2 Å². The van der Waals surface area contributed by atoms with Crippen LogP contribution in [0, 0.1) is 0 Å². The Morgan fingerprint density at radius 3 is 1.65 bits per heavy atom. The second kappa shape index (κ2) is 6.57. The lowest BCUT2D eigenvalue weighted by molar-refractivity contribution is 0.135. The molecule has 0 fully saturated rings. The third-order valence-corrected chi connectivity index (χ3v) is 2.73. The van der Waals surface area contributed by atoms with Crippen molar-refractivity contribution in [3.05, 3.63) is 32.9 Å². The molecule has 0 aromatic carbocycles. The van der Waals surface area contributed by atoms with E-state index in [4.69, 9.17) is 13.9 Å². The van der Waals surface area contributed by atoms with Crippen molar-refractivity contribution in [2.45, 2.75) is 39.9 Å². The predicted octanol–water partition coefficient (Wildman–Crippen LogP) is 2.06. The third kappa shape index (κ3) is 2.96. The zero-order valence-corrected chi connectivity index (χ0v) is 11.0. The molecule has 17 heavy (non-hydrogen) atoms. The van der Waals surface area contributed by atoms with Gasteiger partial charge in [0, 0.05) is 25.3 Å². The van der Waals surface area contributed by atoms with E-state index in [-0.39, 0.29) is 5.43 Å². The average Bonchev–Trinajstić information content (AvgIpc) is 2.30. The number of ether oxygens (including phenoxy) is 2. The Balaban J connectivity index is 3.37. The molecule has 96 valence electrons. The van der Waals surface area contributed by atoms with Crippen LogP contribution in [0.1, 0.15) is 36.5 Å². The maximum absolute atomic E-state index is 12.3. The monoisotopic (exact) mass is 240 g/mol. The van der Waals surface area contributed by atoms with Gasteiger partial charge < -0.3 is 13.9 Å². The molecule has 0 saturated carbocycles. The first-order valence-corrected chi connectivity index (χ1v) is 5.83. The SMILES string of the molecule is CCc1c(COC)oc(COC)c(CC)c1=O. The summed E-state index contributed by atoms with van der Waals surface area (Å²) in [6.45, 7) is 4.53. The van der Waals surface area contributed by atoms with Crippen LogP contribution in [0.5, 0.6) is 0 Å². The molecular weight excluding hydrogens is 220 g/mol. The van der Waals surface area contributed by atoms with Crippen LogP contribution in [0.2, 0.25) is 0 Å². The van der Waals surface area contributed by atoms with Crippen molar-refractivity contribution in [1.82, 2.24) is 0 Å². The molecule has 0 radical (unpaired) electrons. The van der Waals surface area contributed by atoms with Gasteiger partial charge in [-0.3, -0.25) is 4.79 Å². The maximum Gasteiger partial charge on any atom is 0.191 e. The van der Waals surface area contributed by atoms with Gasteiger partial charge in [-0.1, -0.05) is 13.8 Å². The van der Waals surface area contributed by atoms with Crippen molar-refractivity contribution in [1.29, 1.82) is 0 Å². The molecule has 1 rings (SSSR count). The van der Waals surface area contributed by atoms with Crippen LogP contribution in [-0.4, -0.2) is 14.2 Å². The first-order chi connectivity index (χ1) is 8.19. The summed E-state index contributed by atoms with van der Waals surface area (Å²) in [5.74, 6) is 1.23. The molecule has 0 aliphatic rings. The Morgan fingerprint density at radius 2 is 1.35 bits per heavy atom. The van der Waals surface area contributed by atoms with E-state index in [1.807, 2.05) is 13.8 Å². The smallest absolute Gasteiger partial charge is 0.191 e. The molecule has 0 amide bonds. The highest BCUT2D eigenvalue weighted by Gasteiger charge is 2.16.